The Balaban J connectivity index is 1.41. The van der Waals surface area contributed by atoms with E-state index in [4.69, 9.17) is 9.72 Å². The SMILES string of the molecule is COc1cc2[nH]nc(-c3cnn(C4CCCCN4C(=O)N(C)C)c3)c2nc1-c1cccc2c1CCC2. The van der Waals surface area contributed by atoms with Crippen LogP contribution in [0, 0.1) is 0 Å². The summed E-state index contributed by atoms with van der Waals surface area (Å²) in [5, 5.41) is 12.4. The maximum absolute atomic E-state index is 12.8. The molecule has 0 bridgehead atoms. The molecular weight excluding hydrogens is 454 g/mol. The van der Waals surface area contributed by atoms with Crippen molar-refractivity contribution in [3.05, 3.63) is 47.8 Å². The van der Waals surface area contributed by atoms with Gasteiger partial charge in [0.15, 0.2) is 0 Å². The maximum Gasteiger partial charge on any atom is 0.321 e. The molecule has 4 heterocycles. The number of carbonyl (C=O) groups is 1. The van der Waals surface area contributed by atoms with Gasteiger partial charge in [-0.25, -0.2) is 14.5 Å². The minimum absolute atomic E-state index is 0.00997. The zero-order valence-corrected chi connectivity index (χ0v) is 21.0. The van der Waals surface area contributed by atoms with Gasteiger partial charge in [-0.1, -0.05) is 18.2 Å². The number of pyridine rings is 1. The summed E-state index contributed by atoms with van der Waals surface area (Å²) in [7, 11) is 5.26. The molecule has 1 fully saturated rings. The number of nitrogens with one attached hydrogen (secondary N) is 1. The van der Waals surface area contributed by atoms with Crippen molar-refractivity contribution in [2.75, 3.05) is 27.7 Å². The summed E-state index contributed by atoms with van der Waals surface area (Å²) in [5.41, 5.74) is 7.94. The summed E-state index contributed by atoms with van der Waals surface area (Å²) in [5.74, 6) is 0.730. The first-order valence-corrected chi connectivity index (χ1v) is 12.6. The molecule has 2 aliphatic rings. The topological polar surface area (TPSA) is 92.2 Å². The quantitative estimate of drug-likeness (QED) is 0.454. The van der Waals surface area contributed by atoms with Crippen LogP contribution in [0.15, 0.2) is 36.7 Å². The average molecular weight is 486 g/mol. The zero-order chi connectivity index (χ0) is 24.8. The molecule has 1 unspecified atom stereocenters. The molecule has 2 amide bonds. The van der Waals surface area contributed by atoms with Crippen molar-refractivity contribution in [1.82, 2.24) is 34.8 Å². The van der Waals surface area contributed by atoms with E-state index in [2.05, 4.69) is 33.5 Å². The van der Waals surface area contributed by atoms with E-state index in [1.807, 2.05) is 28.0 Å². The number of carbonyl (C=O) groups excluding carboxylic acids is 1. The molecule has 186 valence electrons. The Labute approximate surface area is 210 Å². The predicted molar refractivity (Wildman–Crippen MR) is 138 cm³/mol. The number of fused-ring (bicyclic) bond motifs is 2. The van der Waals surface area contributed by atoms with Gasteiger partial charge in [-0.05, 0) is 49.7 Å². The third-order valence-corrected chi connectivity index (χ3v) is 7.40. The minimum atomic E-state index is -0.108. The Morgan fingerprint density at radius 1 is 1.17 bits per heavy atom. The van der Waals surface area contributed by atoms with Gasteiger partial charge in [0.2, 0.25) is 0 Å². The molecule has 0 saturated carbocycles. The number of methoxy groups -OCH3 is 1. The van der Waals surface area contributed by atoms with Gasteiger partial charge in [-0.3, -0.25) is 5.10 Å². The predicted octanol–water partition coefficient (Wildman–Crippen LogP) is 4.65. The molecule has 0 spiro atoms. The standard InChI is InChI=1S/C27H31N7O2/c1-32(2)27(35)33-13-5-4-12-23(33)34-16-18(15-28-34)24-26-21(30-31-24)14-22(36-3)25(29-26)20-11-7-9-17-8-6-10-19(17)20/h7,9,11,14-16,23H,4-6,8,10,12-13H2,1-3H3,(H,30,31). The maximum atomic E-state index is 12.8. The van der Waals surface area contributed by atoms with E-state index in [1.54, 1.807) is 26.1 Å². The van der Waals surface area contributed by atoms with Crippen LogP contribution in [0.3, 0.4) is 0 Å². The molecule has 3 aromatic heterocycles. The summed E-state index contributed by atoms with van der Waals surface area (Å²) in [6.45, 7) is 0.730. The number of aromatic nitrogens is 5. The molecule has 1 aliphatic heterocycles. The summed E-state index contributed by atoms with van der Waals surface area (Å²) in [6.07, 6.45) is 9.97. The summed E-state index contributed by atoms with van der Waals surface area (Å²) >= 11 is 0. The number of ether oxygens (including phenoxy) is 1. The number of nitrogens with zero attached hydrogens (tertiary/aromatic N) is 6. The third kappa shape index (κ3) is 3.70. The summed E-state index contributed by atoms with van der Waals surface area (Å²) in [4.78, 5) is 21.4. The Morgan fingerprint density at radius 3 is 2.89 bits per heavy atom. The molecule has 6 rings (SSSR count). The highest BCUT2D eigenvalue weighted by Crippen LogP contribution is 2.39. The van der Waals surface area contributed by atoms with E-state index in [9.17, 15) is 4.79 Å². The van der Waals surface area contributed by atoms with E-state index in [-0.39, 0.29) is 12.2 Å². The second-order valence-electron chi connectivity index (χ2n) is 9.86. The summed E-state index contributed by atoms with van der Waals surface area (Å²) in [6, 6.07) is 8.44. The number of aryl methyl sites for hydroxylation is 1. The van der Waals surface area contributed by atoms with E-state index in [1.165, 1.54) is 17.5 Å². The van der Waals surface area contributed by atoms with Crippen molar-refractivity contribution >= 4 is 17.1 Å². The van der Waals surface area contributed by atoms with Gasteiger partial charge < -0.3 is 14.5 Å². The highest BCUT2D eigenvalue weighted by Gasteiger charge is 2.30. The lowest BCUT2D eigenvalue weighted by atomic mass is 9.99. The van der Waals surface area contributed by atoms with Gasteiger partial charge in [0, 0.05) is 44.0 Å². The molecular formula is C27H31N7O2. The second kappa shape index (κ2) is 8.96. The van der Waals surface area contributed by atoms with E-state index >= 15 is 0 Å². The molecule has 1 aliphatic carbocycles. The fourth-order valence-corrected chi connectivity index (χ4v) is 5.61. The van der Waals surface area contributed by atoms with Crippen LogP contribution in [0.25, 0.3) is 33.5 Å². The van der Waals surface area contributed by atoms with Gasteiger partial charge in [-0.15, -0.1) is 0 Å². The van der Waals surface area contributed by atoms with Crippen molar-refractivity contribution in [3.8, 4) is 28.3 Å². The number of urea groups is 1. The Hall–Kier alpha value is -3.88. The minimum Gasteiger partial charge on any atom is -0.494 e. The number of aromatic amines is 1. The van der Waals surface area contributed by atoms with Crippen LogP contribution in [0.5, 0.6) is 5.75 Å². The smallest absolute Gasteiger partial charge is 0.321 e. The Kier molecular flexibility index (Phi) is 5.62. The zero-order valence-electron chi connectivity index (χ0n) is 21.0. The number of amides is 2. The van der Waals surface area contributed by atoms with Crippen LogP contribution in [-0.2, 0) is 12.8 Å². The first kappa shape index (κ1) is 22.6. The van der Waals surface area contributed by atoms with Gasteiger partial charge in [0.05, 0.1) is 18.8 Å². The molecule has 9 heteroatoms. The van der Waals surface area contributed by atoms with Crippen molar-refractivity contribution in [2.45, 2.75) is 44.7 Å². The number of hydrogen-bond donors (Lipinski definition) is 1. The summed E-state index contributed by atoms with van der Waals surface area (Å²) < 4.78 is 7.65. The van der Waals surface area contributed by atoms with Crippen LogP contribution in [0.2, 0.25) is 0 Å². The number of benzene rings is 1. The average Bonchev–Trinajstić information content (AvgIpc) is 3.66. The number of hydrogen-bond acceptors (Lipinski definition) is 5. The lowest BCUT2D eigenvalue weighted by molar-refractivity contribution is 0.0911. The van der Waals surface area contributed by atoms with Gasteiger partial charge in [0.25, 0.3) is 0 Å². The number of piperidine rings is 1. The fraction of sp³-hybridized carbons (Fsp3) is 0.407. The highest BCUT2D eigenvalue weighted by atomic mass is 16.5. The number of H-pyrrole nitrogens is 1. The number of likely N-dealkylation sites (tertiary alicyclic amines) is 1. The van der Waals surface area contributed by atoms with Gasteiger partial charge in [-0.2, -0.15) is 10.2 Å². The molecule has 36 heavy (non-hydrogen) atoms. The van der Waals surface area contributed by atoms with Gasteiger partial charge >= 0.3 is 6.03 Å². The largest absolute Gasteiger partial charge is 0.494 e. The first-order valence-electron chi connectivity index (χ1n) is 12.6. The van der Waals surface area contributed by atoms with E-state index in [0.717, 1.165) is 77.9 Å². The van der Waals surface area contributed by atoms with Crippen LogP contribution >= 0.6 is 0 Å². The van der Waals surface area contributed by atoms with Crippen LogP contribution in [0.1, 0.15) is 43.0 Å². The molecule has 0 radical (unpaired) electrons. The van der Waals surface area contributed by atoms with E-state index < -0.39 is 0 Å². The van der Waals surface area contributed by atoms with Crippen molar-refractivity contribution in [1.29, 1.82) is 0 Å². The van der Waals surface area contributed by atoms with Crippen LogP contribution < -0.4 is 4.74 Å². The molecule has 1 saturated heterocycles. The normalized spacial score (nSPS) is 17.4. The van der Waals surface area contributed by atoms with Crippen LogP contribution in [-0.4, -0.2) is 68.5 Å². The third-order valence-electron chi connectivity index (χ3n) is 7.40. The lowest BCUT2D eigenvalue weighted by Gasteiger charge is -2.37. The molecule has 1 atom stereocenters. The Morgan fingerprint density at radius 2 is 2.06 bits per heavy atom. The monoisotopic (exact) mass is 485 g/mol. The second-order valence-corrected chi connectivity index (χ2v) is 9.86. The number of rotatable bonds is 4. The van der Waals surface area contributed by atoms with Crippen LogP contribution in [0.4, 0.5) is 4.79 Å². The molecule has 9 nitrogen and oxygen atoms in total. The van der Waals surface area contributed by atoms with Crippen molar-refractivity contribution in [3.63, 3.8) is 0 Å². The Bertz CT molecular complexity index is 1440. The van der Waals surface area contributed by atoms with Gasteiger partial charge in [0.1, 0.15) is 28.8 Å². The van der Waals surface area contributed by atoms with E-state index in [0.29, 0.717) is 0 Å². The van der Waals surface area contributed by atoms with Crippen molar-refractivity contribution in [2.24, 2.45) is 0 Å². The van der Waals surface area contributed by atoms with Crippen molar-refractivity contribution < 1.29 is 9.53 Å². The molecule has 1 N–H and O–H groups in total. The molecule has 1 aromatic carbocycles. The first-order chi connectivity index (χ1) is 17.5. The lowest BCUT2D eigenvalue weighted by Crippen LogP contribution is -2.46. The highest BCUT2D eigenvalue weighted by molar-refractivity contribution is 5.92. The fourth-order valence-electron chi connectivity index (χ4n) is 5.61. The molecule has 4 aromatic rings.